The first-order valence-corrected chi connectivity index (χ1v) is 9.94. The van der Waals surface area contributed by atoms with E-state index in [0.29, 0.717) is 5.82 Å². The molecule has 1 N–H and O–H groups in total. The third kappa shape index (κ3) is 3.83. The molecular formula is C21H17N7S. The van der Waals surface area contributed by atoms with Crippen LogP contribution in [-0.2, 0) is 13.5 Å². The number of pyridine rings is 2. The summed E-state index contributed by atoms with van der Waals surface area (Å²) in [5.41, 5.74) is 4.86. The van der Waals surface area contributed by atoms with E-state index in [2.05, 4.69) is 37.7 Å². The molecule has 0 fully saturated rings. The van der Waals surface area contributed by atoms with Crippen molar-refractivity contribution >= 4 is 33.3 Å². The maximum absolute atomic E-state index is 4.69. The van der Waals surface area contributed by atoms with Gasteiger partial charge in [0.05, 0.1) is 17.2 Å². The fourth-order valence-electron chi connectivity index (χ4n) is 3.06. The number of anilines is 2. The third-order valence-electron chi connectivity index (χ3n) is 4.48. The van der Waals surface area contributed by atoms with Gasteiger partial charge in [-0.1, -0.05) is 41.7 Å². The molecule has 0 unspecified atom stereocenters. The van der Waals surface area contributed by atoms with Crippen LogP contribution in [-0.4, -0.2) is 29.9 Å². The van der Waals surface area contributed by atoms with Gasteiger partial charge in [0.2, 0.25) is 5.13 Å². The largest absolute Gasteiger partial charge is 0.315 e. The maximum Gasteiger partial charge on any atom is 0.211 e. The average molecular weight is 399 g/mol. The van der Waals surface area contributed by atoms with Crippen molar-refractivity contribution in [3.8, 4) is 11.1 Å². The summed E-state index contributed by atoms with van der Waals surface area (Å²) in [6, 6.07) is 16.1. The molecule has 5 aromatic rings. The summed E-state index contributed by atoms with van der Waals surface area (Å²) in [7, 11) is 1.90. The van der Waals surface area contributed by atoms with Gasteiger partial charge in [-0.3, -0.25) is 9.67 Å². The lowest BCUT2D eigenvalue weighted by molar-refractivity contribution is 0.768. The Bertz CT molecular complexity index is 1280. The van der Waals surface area contributed by atoms with Gasteiger partial charge in [0.1, 0.15) is 10.8 Å². The van der Waals surface area contributed by atoms with E-state index in [1.54, 1.807) is 4.68 Å². The summed E-state index contributed by atoms with van der Waals surface area (Å²) in [6.45, 7) is 0. The highest BCUT2D eigenvalue weighted by Gasteiger charge is 2.08. The molecule has 7 nitrogen and oxygen atoms in total. The molecular weight excluding hydrogens is 382 g/mol. The summed E-state index contributed by atoms with van der Waals surface area (Å²) >= 11 is 1.53. The van der Waals surface area contributed by atoms with Crippen molar-refractivity contribution in [3.05, 3.63) is 77.7 Å². The quantitative estimate of drug-likeness (QED) is 0.477. The molecule has 8 heteroatoms. The summed E-state index contributed by atoms with van der Waals surface area (Å²) in [6.07, 6.45) is 6.39. The van der Waals surface area contributed by atoms with Crippen molar-refractivity contribution in [1.82, 2.24) is 29.9 Å². The first kappa shape index (κ1) is 17.4. The number of fused-ring (bicyclic) bond motifs is 1. The van der Waals surface area contributed by atoms with E-state index in [9.17, 15) is 0 Å². The second-order valence-corrected chi connectivity index (χ2v) is 7.71. The number of aromatic nitrogens is 6. The standard InChI is InChI=1S/C21H17N7S/c1-28-13-16(12-23-28)15-10-18-17(22-11-15)7-8-19(24-18)25-21-27-26-20(29-21)9-14-5-3-2-4-6-14/h2-8,10-13H,9H2,1H3,(H,24,25,27). The van der Waals surface area contributed by atoms with Crippen molar-refractivity contribution < 1.29 is 0 Å². The molecule has 0 amide bonds. The average Bonchev–Trinajstić information content (AvgIpc) is 3.37. The molecule has 0 saturated carbocycles. The minimum atomic E-state index is 0.713. The number of benzene rings is 1. The van der Waals surface area contributed by atoms with E-state index < -0.39 is 0 Å². The Morgan fingerprint density at radius 3 is 2.69 bits per heavy atom. The molecule has 0 atom stereocenters. The van der Waals surface area contributed by atoms with Crippen LogP contribution >= 0.6 is 11.3 Å². The van der Waals surface area contributed by atoms with Crippen LogP contribution in [0.5, 0.6) is 0 Å². The van der Waals surface area contributed by atoms with Crippen LogP contribution in [0.3, 0.4) is 0 Å². The minimum Gasteiger partial charge on any atom is -0.315 e. The highest BCUT2D eigenvalue weighted by molar-refractivity contribution is 7.15. The fourth-order valence-corrected chi connectivity index (χ4v) is 3.84. The van der Waals surface area contributed by atoms with Crippen LogP contribution in [0.4, 0.5) is 10.9 Å². The first-order valence-electron chi connectivity index (χ1n) is 9.12. The molecule has 4 heterocycles. The second kappa shape index (κ2) is 7.40. The van der Waals surface area contributed by atoms with Crippen LogP contribution in [0.15, 0.2) is 67.1 Å². The summed E-state index contributed by atoms with van der Waals surface area (Å²) < 4.78 is 1.77. The second-order valence-electron chi connectivity index (χ2n) is 6.65. The number of nitrogens with zero attached hydrogens (tertiary/aromatic N) is 6. The van der Waals surface area contributed by atoms with E-state index in [0.717, 1.165) is 38.7 Å². The van der Waals surface area contributed by atoms with Crippen molar-refractivity contribution in [3.63, 3.8) is 0 Å². The smallest absolute Gasteiger partial charge is 0.211 e. The van der Waals surface area contributed by atoms with Gasteiger partial charge in [-0.25, -0.2) is 4.98 Å². The topological polar surface area (TPSA) is 81.4 Å². The Labute approximate surface area is 171 Å². The normalized spacial score (nSPS) is 11.1. The van der Waals surface area contributed by atoms with Crippen molar-refractivity contribution in [2.75, 3.05) is 5.32 Å². The highest BCUT2D eigenvalue weighted by Crippen LogP contribution is 2.25. The van der Waals surface area contributed by atoms with E-state index in [4.69, 9.17) is 4.98 Å². The van der Waals surface area contributed by atoms with Crippen LogP contribution in [0.1, 0.15) is 10.6 Å². The number of hydrogen-bond donors (Lipinski definition) is 1. The summed E-state index contributed by atoms with van der Waals surface area (Å²) in [4.78, 5) is 9.21. The number of nitrogens with one attached hydrogen (secondary N) is 1. The first-order chi connectivity index (χ1) is 14.2. The van der Waals surface area contributed by atoms with Gasteiger partial charge in [-0.05, 0) is 23.8 Å². The van der Waals surface area contributed by atoms with Gasteiger partial charge in [-0.15, -0.1) is 10.2 Å². The zero-order valence-electron chi connectivity index (χ0n) is 15.6. The lowest BCUT2D eigenvalue weighted by Gasteiger charge is -2.04. The van der Waals surface area contributed by atoms with Crippen molar-refractivity contribution in [1.29, 1.82) is 0 Å². The molecule has 0 aliphatic carbocycles. The van der Waals surface area contributed by atoms with Gasteiger partial charge in [0, 0.05) is 37.0 Å². The molecule has 4 aromatic heterocycles. The van der Waals surface area contributed by atoms with E-state index >= 15 is 0 Å². The Hall–Kier alpha value is -3.65. The fraction of sp³-hybridized carbons (Fsp3) is 0.0952. The molecule has 0 saturated heterocycles. The van der Waals surface area contributed by atoms with Crippen LogP contribution in [0, 0.1) is 0 Å². The predicted octanol–water partition coefficient (Wildman–Crippen LogP) is 4.22. The van der Waals surface area contributed by atoms with Crippen LogP contribution in [0.2, 0.25) is 0 Å². The van der Waals surface area contributed by atoms with Crippen molar-refractivity contribution in [2.45, 2.75) is 6.42 Å². The summed E-state index contributed by atoms with van der Waals surface area (Å²) in [5.74, 6) is 0.713. The predicted molar refractivity (Wildman–Crippen MR) is 114 cm³/mol. The molecule has 0 aliphatic heterocycles. The van der Waals surface area contributed by atoms with Crippen LogP contribution < -0.4 is 5.32 Å². The van der Waals surface area contributed by atoms with E-state index in [1.165, 1.54) is 16.9 Å². The molecule has 0 radical (unpaired) electrons. The number of hydrogen-bond acceptors (Lipinski definition) is 7. The number of rotatable bonds is 5. The SMILES string of the molecule is Cn1cc(-c2cnc3ccc(Nc4nnc(Cc5ccccc5)s4)nc3c2)cn1. The van der Waals surface area contributed by atoms with Gasteiger partial charge >= 0.3 is 0 Å². The van der Waals surface area contributed by atoms with Gasteiger partial charge in [0.15, 0.2) is 0 Å². The lowest BCUT2D eigenvalue weighted by Crippen LogP contribution is -1.94. The maximum atomic E-state index is 4.69. The van der Waals surface area contributed by atoms with Crippen molar-refractivity contribution in [2.24, 2.45) is 7.05 Å². The molecule has 5 rings (SSSR count). The Kier molecular flexibility index (Phi) is 4.45. The molecule has 0 bridgehead atoms. The minimum absolute atomic E-state index is 0.713. The zero-order valence-corrected chi connectivity index (χ0v) is 16.5. The van der Waals surface area contributed by atoms with E-state index in [1.807, 2.05) is 62.0 Å². The molecule has 29 heavy (non-hydrogen) atoms. The Balaban J connectivity index is 1.38. The van der Waals surface area contributed by atoms with Crippen LogP contribution in [0.25, 0.3) is 22.2 Å². The molecule has 1 aromatic carbocycles. The van der Waals surface area contributed by atoms with Gasteiger partial charge < -0.3 is 5.32 Å². The lowest BCUT2D eigenvalue weighted by atomic mass is 10.1. The number of aryl methyl sites for hydroxylation is 1. The molecule has 0 aliphatic rings. The Morgan fingerprint density at radius 2 is 1.86 bits per heavy atom. The van der Waals surface area contributed by atoms with E-state index in [-0.39, 0.29) is 0 Å². The Morgan fingerprint density at radius 1 is 0.966 bits per heavy atom. The summed E-state index contributed by atoms with van der Waals surface area (Å²) in [5, 5.41) is 17.7. The monoisotopic (exact) mass is 399 g/mol. The zero-order chi connectivity index (χ0) is 19.6. The third-order valence-corrected chi connectivity index (χ3v) is 5.31. The molecule has 0 spiro atoms. The van der Waals surface area contributed by atoms with Gasteiger partial charge in [0.25, 0.3) is 0 Å². The molecule has 142 valence electrons. The highest BCUT2D eigenvalue weighted by atomic mass is 32.1. The van der Waals surface area contributed by atoms with Gasteiger partial charge in [-0.2, -0.15) is 5.10 Å².